The van der Waals surface area contributed by atoms with Gasteiger partial charge in [0.2, 0.25) is 17.7 Å². The number of rotatable bonds is 10. The van der Waals surface area contributed by atoms with Crippen LogP contribution in [-0.2, 0) is 32.0 Å². The Labute approximate surface area is 197 Å². The van der Waals surface area contributed by atoms with Gasteiger partial charge in [0.05, 0.1) is 12.4 Å². The van der Waals surface area contributed by atoms with Crippen LogP contribution in [0.4, 0.5) is 0 Å². The average molecular weight is 471 g/mol. The lowest BCUT2D eigenvalue weighted by Gasteiger charge is -2.28. The van der Waals surface area contributed by atoms with Gasteiger partial charge in [-0.25, -0.2) is 9.78 Å². The van der Waals surface area contributed by atoms with Crippen LogP contribution < -0.4 is 16.4 Å². The maximum Gasteiger partial charge on any atom is 0.326 e. The quantitative estimate of drug-likeness (QED) is 0.314. The number of carbonyl (C=O) groups is 4. The summed E-state index contributed by atoms with van der Waals surface area (Å²) in [5.74, 6) is -2.65. The Morgan fingerprint density at radius 1 is 1.18 bits per heavy atom. The van der Waals surface area contributed by atoms with E-state index in [0.29, 0.717) is 25.1 Å². The standard InChI is InChI=1S/C23H30N6O5/c1-14(24)22(32)29-9-5-8-19(29)21(31)27-17(11-16-12-25-13-26-16)20(30)28-18(23(33)34)10-15-6-3-2-4-7-15/h2-4,6-7,12-14,17-19H,5,8-11,24H2,1H3,(H,25,26)(H,27,31)(H,28,30)(H,33,34). The number of carboxylic acid groups (broad SMARTS) is 1. The monoisotopic (exact) mass is 470 g/mol. The highest BCUT2D eigenvalue weighted by Crippen LogP contribution is 2.19. The lowest BCUT2D eigenvalue weighted by atomic mass is 10.0. The summed E-state index contributed by atoms with van der Waals surface area (Å²) >= 11 is 0. The van der Waals surface area contributed by atoms with Crippen LogP contribution in [0.1, 0.15) is 31.0 Å². The SMILES string of the molecule is CC(N)C(=O)N1CCCC1C(=O)NC(Cc1cnc[nH]1)C(=O)NC(Cc1ccccc1)C(=O)O. The molecular formula is C23H30N6O5. The molecule has 182 valence electrons. The van der Waals surface area contributed by atoms with Crippen molar-refractivity contribution < 1.29 is 24.3 Å². The normalized spacial score (nSPS) is 18.1. The number of likely N-dealkylation sites (tertiary alicyclic amines) is 1. The van der Waals surface area contributed by atoms with Gasteiger partial charge in [0, 0.05) is 31.3 Å². The van der Waals surface area contributed by atoms with Crippen LogP contribution in [0.5, 0.6) is 0 Å². The minimum atomic E-state index is -1.19. The summed E-state index contributed by atoms with van der Waals surface area (Å²) in [6.45, 7) is 1.97. The largest absolute Gasteiger partial charge is 0.480 e. The van der Waals surface area contributed by atoms with Crippen molar-refractivity contribution in [3.63, 3.8) is 0 Å². The maximum absolute atomic E-state index is 13.1. The second-order valence-corrected chi connectivity index (χ2v) is 8.41. The molecule has 11 heteroatoms. The van der Waals surface area contributed by atoms with Crippen molar-refractivity contribution in [2.75, 3.05) is 6.54 Å². The third kappa shape index (κ3) is 6.41. The summed E-state index contributed by atoms with van der Waals surface area (Å²) in [4.78, 5) is 58.6. The van der Waals surface area contributed by atoms with E-state index in [4.69, 9.17) is 5.73 Å². The summed E-state index contributed by atoms with van der Waals surface area (Å²) in [7, 11) is 0. The molecule has 0 aliphatic carbocycles. The van der Waals surface area contributed by atoms with Crippen molar-refractivity contribution in [1.82, 2.24) is 25.5 Å². The van der Waals surface area contributed by atoms with Crippen LogP contribution in [0.2, 0.25) is 0 Å². The van der Waals surface area contributed by atoms with E-state index in [9.17, 15) is 24.3 Å². The molecule has 1 aliphatic heterocycles. The lowest BCUT2D eigenvalue weighted by molar-refractivity contribution is -0.143. The van der Waals surface area contributed by atoms with E-state index < -0.39 is 42.0 Å². The molecule has 11 nitrogen and oxygen atoms in total. The summed E-state index contributed by atoms with van der Waals surface area (Å²) < 4.78 is 0. The van der Waals surface area contributed by atoms with Gasteiger partial charge >= 0.3 is 5.97 Å². The number of H-pyrrole nitrogens is 1. The molecular weight excluding hydrogens is 440 g/mol. The first-order valence-corrected chi connectivity index (χ1v) is 11.2. The molecule has 0 spiro atoms. The Morgan fingerprint density at radius 2 is 1.91 bits per heavy atom. The summed E-state index contributed by atoms with van der Waals surface area (Å²) in [5.41, 5.74) is 7.05. The smallest absolute Gasteiger partial charge is 0.326 e. The molecule has 1 fully saturated rings. The number of benzene rings is 1. The zero-order valence-corrected chi connectivity index (χ0v) is 18.9. The Bertz CT molecular complexity index is 995. The average Bonchev–Trinajstić information content (AvgIpc) is 3.50. The van der Waals surface area contributed by atoms with Crippen LogP contribution in [0.25, 0.3) is 0 Å². The summed E-state index contributed by atoms with van der Waals surface area (Å²) in [5, 5.41) is 14.9. The number of nitrogens with one attached hydrogen (secondary N) is 3. The van der Waals surface area contributed by atoms with Crippen LogP contribution in [0, 0.1) is 0 Å². The fraction of sp³-hybridized carbons (Fsp3) is 0.435. The van der Waals surface area contributed by atoms with Gasteiger partial charge in [-0.05, 0) is 25.3 Å². The van der Waals surface area contributed by atoms with Gasteiger partial charge in [-0.1, -0.05) is 30.3 Å². The number of imidazole rings is 1. The van der Waals surface area contributed by atoms with Crippen molar-refractivity contribution >= 4 is 23.7 Å². The number of carboxylic acids is 1. The van der Waals surface area contributed by atoms with Crippen LogP contribution in [0.3, 0.4) is 0 Å². The van der Waals surface area contributed by atoms with Gasteiger partial charge < -0.3 is 31.4 Å². The zero-order chi connectivity index (χ0) is 24.7. The topological polar surface area (TPSA) is 171 Å². The van der Waals surface area contributed by atoms with E-state index in [2.05, 4.69) is 20.6 Å². The Balaban J connectivity index is 1.74. The number of nitrogens with two attached hydrogens (primary N) is 1. The van der Waals surface area contributed by atoms with E-state index in [1.807, 2.05) is 6.07 Å². The fourth-order valence-electron chi connectivity index (χ4n) is 3.98. The molecule has 6 N–H and O–H groups in total. The molecule has 0 radical (unpaired) electrons. The van der Waals surface area contributed by atoms with E-state index in [0.717, 1.165) is 5.56 Å². The molecule has 2 aromatic rings. The van der Waals surface area contributed by atoms with Gasteiger partial charge in [-0.3, -0.25) is 14.4 Å². The highest BCUT2D eigenvalue weighted by Gasteiger charge is 2.37. The molecule has 34 heavy (non-hydrogen) atoms. The van der Waals surface area contributed by atoms with Crippen LogP contribution >= 0.6 is 0 Å². The molecule has 1 saturated heterocycles. The molecule has 1 aromatic heterocycles. The highest BCUT2D eigenvalue weighted by molar-refractivity contribution is 5.94. The van der Waals surface area contributed by atoms with Crippen molar-refractivity contribution in [1.29, 1.82) is 0 Å². The van der Waals surface area contributed by atoms with E-state index in [1.165, 1.54) is 17.4 Å². The maximum atomic E-state index is 13.1. The van der Waals surface area contributed by atoms with Crippen LogP contribution in [-0.4, -0.2) is 74.4 Å². The second kappa shape index (κ2) is 11.4. The first kappa shape index (κ1) is 24.9. The molecule has 0 saturated carbocycles. The second-order valence-electron chi connectivity index (χ2n) is 8.41. The zero-order valence-electron chi connectivity index (χ0n) is 18.9. The van der Waals surface area contributed by atoms with Crippen molar-refractivity contribution in [2.45, 2.75) is 56.8 Å². The number of aromatic amines is 1. The van der Waals surface area contributed by atoms with Crippen molar-refractivity contribution in [3.05, 3.63) is 54.1 Å². The van der Waals surface area contributed by atoms with Crippen molar-refractivity contribution in [3.8, 4) is 0 Å². The number of amides is 3. The van der Waals surface area contributed by atoms with Crippen LogP contribution in [0.15, 0.2) is 42.9 Å². The number of nitrogens with zero attached hydrogens (tertiary/aromatic N) is 2. The molecule has 0 bridgehead atoms. The minimum absolute atomic E-state index is 0.0726. The van der Waals surface area contributed by atoms with E-state index >= 15 is 0 Å². The Morgan fingerprint density at radius 3 is 2.53 bits per heavy atom. The number of hydrogen-bond acceptors (Lipinski definition) is 6. The predicted molar refractivity (Wildman–Crippen MR) is 122 cm³/mol. The van der Waals surface area contributed by atoms with E-state index in [-0.39, 0.29) is 18.7 Å². The van der Waals surface area contributed by atoms with Gasteiger partial charge in [0.25, 0.3) is 0 Å². The van der Waals surface area contributed by atoms with Gasteiger partial charge in [-0.2, -0.15) is 0 Å². The van der Waals surface area contributed by atoms with Gasteiger partial charge in [0.15, 0.2) is 0 Å². The third-order valence-corrected chi connectivity index (χ3v) is 5.74. The number of aliphatic carboxylic acids is 1. The van der Waals surface area contributed by atoms with Gasteiger partial charge in [-0.15, -0.1) is 0 Å². The lowest BCUT2D eigenvalue weighted by Crippen LogP contribution is -2.57. The summed E-state index contributed by atoms with van der Waals surface area (Å²) in [6, 6.07) is 5.20. The third-order valence-electron chi connectivity index (χ3n) is 5.74. The molecule has 1 aromatic carbocycles. The summed E-state index contributed by atoms with van der Waals surface area (Å²) in [6.07, 6.45) is 4.23. The Hall–Kier alpha value is -3.73. The number of hydrogen-bond donors (Lipinski definition) is 5. The number of aromatic nitrogens is 2. The molecule has 4 atom stereocenters. The fourth-order valence-corrected chi connectivity index (χ4v) is 3.98. The first-order chi connectivity index (χ1) is 16.3. The molecule has 3 rings (SSSR count). The van der Waals surface area contributed by atoms with Gasteiger partial charge in [0.1, 0.15) is 18.1 Å². The number of carbonyl (C=O) groups excluding carboxylic acids is 3. The minimum Gasteiger partial charge on any atom is -0.480 e. The molecule has 1 aliphatic rings. The molecule has 3 amide bonds. The molecule has 2 heterocycles. The van der Waals surface area contributed by atoms with Crippen molar-refractivity contribution in [2.24, 2.45) is 5.73 Å². The van der Waals surface area contributed by atoms with E-state index in [1.54, 1.807) is 31.2 Å². The highest BCUT2D eigenvalue weighted by atomic mass is 16.4. The molecule has 4 unspecified atom stereocenters. The predicted octanol–water partition coefficient (Wildman–Crippen LogP) is -0.413. The Kier molecular flexibility index (Phi) is 8.36. The first-order valence-electron chi connectivity index (χ1n) is 11.2.